The van der Waals surface area contributed by atoms with Gasteiger partial charge in [0.25, 0.3) is 23.6 Å². The Hall–Kier alpha value is -4.27. The van der Waals surface area contributed by atoms with Gasteiger partial charge in [-0.15, -0.1) is 0 Å². The number of benzene rings is 2. The molecule has 0 bridgehead atoms. The van der Waals surface area contributed by atoms with Gasteiger partial charge in [-0.3, -0.25) is 29.0 Å². The average Bonchev–Trinajstić information content (AvgIpc) is 3.75. The van der Waals surface area contributed by atoms with Crippen molar-refractivity contribution in [3.8, 4) is 0 Å². The second-order valence-electron chi connectivity index (χ2n) is 25.0. The number of halogens is 3. The van der Waals surface area contributed by atoms with Crippen LogP contribution in [0.15, 0.2) is 48.5 Å². The van der Waals surface area contributed by atoms with Gasteiger partial charge < -0.3 is 94.4 Å². The third-order valence-electron chi connectivity index (χ3n) is 11.9. The molecule has 2 aliphatic rings. The number of quaternary nitrogens is 2. The Morgan fingerprint density at radius 2 is 0.750 bits per heavy atom. The summed E-state index contributed by atoms with van der Waals surface area (Å²) in [6.45, 7) is 26.8. The van der Waals surface area contributed by atoms with Crippen molar-refractivity contribution in [2.24, 2.45) is 11.5 Å². The lowest BCUT2D eigenvalue weighted by molar-refractivity contribution is -0.890. The van der Waals surface area contributed by atoms with Crippen LogP contribution in [0.25, 0.3) is 0 Å². The molecule has 0 aromatic heterocycles. The minimum absolute atomic E-state index is 0. The lowest BCUT2D eigenvalue weighted by Gasteiger charge is -2.30. The molecule has 2 aliphatic heterocycles. The molecule has 484 valence electrons. The molecule has 0 saturated heterocycles. The minimum atomic E-state index is -0.497. The molecule has 24 heteroatoms. The summed E-state index contributed by atoms with van der Waals surface area (Å²) >= 11 is 3.28. The molecule has 0 spiro atoms. The molecule has 0 aliphatic carbocycles. The molecule has 0 fully saturated rings. The van der Waals surface area contributed by atoms with Crippen molar-refractivity contribution in [1.29, 1.82) is 0 Å². The van der Waals surface area contributed by atoms with Crippen LogP contribution < -0.4 is 61.4 Å². The predicted octanol–water partition coefficient (Wildman–Crippen LogP) is 1.43. The molecule has 0 saturated carbocycles. The number of alkyl halides is 1. The van der Waals surface area contributed by atoms with Crippen molar-refractivity contribution >= 4 is 57.8 Å². The van der Waals surface area contributed by atoms with Crippen LogP contribution in [0, 0.1) is 0 Å². The van der Waals surface area contributed by atoms with Crippen molar-refractivity contribution in [2.75, 3.05) is 147 Å². The summed E-state index contributed by atoms with van der Waals surface area (Å²) in [6, 6.07) is 13.9. The highest BCUT2D eigenvalue weighted by atomic mass is 79.9. The first-order valence-corrected chi connectivity index (χ1v) is 29.8. The van der Waals surface area contributed by atoms with Crippen LogP contribution in [0.5, 0.6) is 0 Å². The van der Waals surface area contributed by atoms with E-state index in [0.717, 1.165) is 112 Å². The van der Waals surface area contributed by atoms with Gasteiger partial charge in [-0.2, -0.15) is 0 Å². The Bertz CT molecular complexity index is 2180. The van der Waals surface area contributed by atoms with Crippen LogP contribution in [0.2, 0.25) is 0 Å². The number of imide groups is 2. The number of nitrogens with two attached hydrogens (primary N) is 2. The highest BCUT2D eigenvalue weighted by molar-refractivity contribution is 9.09. The van der Waals surface area contributed by atoms with Crippen LogP contribution in [-0.2, 0) is 14.2 Å². The number of amides is 7. The van der Waals surface area contributed by atoms with Gasteiger partial charge in [0, 0.05) is 63.7 Å². The topological polar surface area (TPSA) is 248 Å². The van der Waals surface area contributed by atoms with Gasteiger partial charge in [-0.1, -0.05) is 40.2 Å². The molecule has 2 heterocycles. The fourth-order valence-electron chi connectivity index (χ4n) is 7.83. The number of nitrogens with one attached hydrogen (secondary N) is 3. The van der Waals surface area contributed by atoms with Gasteiger partial charge in [-0.05, 0) is 160 Å². The monoisotopic (exact) mass is 1380 g/mol. The van der Waals surface area contributed by atoms with E-state index in [9.17, 15) is 33.6 Å². The average molecular weight is 1380 g/mol. The van der Waals surface area contributed by atoms with E-state index in [1.807, 2.05) is 76.4 Å². The zero-order valence-electron chi connectivity index (χ0n) is 54.0. The van der Waals surface area contributed by atoms with Crippen molar-refractivity contribution in [1.82, 2.24) is 35.6 Å². The van der Waals surface area contributed by atoms with Crippen LogP contribution in [0.1, 0.15) is 149 Å². The Kier molecular flexibility index (Phi) is 42.5. The molecule has 0 atom stereocenters. The number of fused-ring (bicyclic) bond motifs is 2. The quantitative estimate of drug-likeness (QED) is 0.0311. The molecule has 84 heavy (non-hydrogen) atoms. The summed E-state index contributed by atoms with van der Waals surface area (Å²) < 4.78 is 17.1. The van der Waals surface area contributed by atoms with Gasteiger partial charge in [0.05, 0.1) is 76.6 Å². The lowest BCUT2D eigenvalue weighted by atomic mass is 10.1. The first-order valence-electron chi connectivity index (χ1n) is 28.7. The molecule has 7 N–H and O–H groups in total. The Labute approximate surface area is 534 Å². The molecular weight excluding hydrogens is 1270 g/mol. The smallest absolute Gasteiger partial charge is 0.407 e. The fraction of sp³-hybridized carbons (Fsp3) is 0.683. The SMILES string of the molecule is CC(C)(C)OC(=O)NCCC[N+](C)(C)CCCN.CC(C)(C)OC(=O)NCCC[N+](C)(C)CCCN1C(=O)c2ccccc2C1=O.CN(C)CCCN.CN(C)CCCNC(=O)OC(C)(C)C.O=C1c2ccccc2C(=O)N1CCCBr.[Br-].[Br-]. The molecule has 4 rings (SSSR count). The third kappa shape index (κ3) is 39.4. The number of nitrogens with zero attached hydrogens (tertiary/aromatic N) is 6. The zero-order valence-corrected chi connectivity index (χ0v) is 58.8. The van der Waals surface area contributed by atoms with Crippen LogP contribution in [-0.4, -0.2) is 234 Å². The lowest BCUT2D eigenvalue weighted by Crippen LogP contribution is -3.00. The van der Waals surface area contributed by atoms with Crippen LogP contribution in [0.3, 0.4) is 0 Å². The first-order chi connectivity index (χ1) is 38.0. The number of carbonyl (C=O) groups is 7. The molecule has 2 aromatic rings. The van der Waals surface area contributed by atoms with Gasteiger partial charge in [0.2, 0.25) is 0 Å². The molecule has 7 amide bonds. The van der Waals surface area contributed by atoms with E-state index >= 15 is 0 Å². The number of ether oxygens (including phenoxy) is 3. The van der Waals surface area contributed by atoms with E-state index in [4.69, 9.17) is 25.7 Å². The van der Waals surface area contributed by atoms with Gasteiger partial charge in [0.1, 0.15) is 16.8 Å². The van der Waals surface area contributed by atoms with E-state index in [-0.39, 0.29) is 69.8 Å². The second kappa shape index (κ2) is 42.6. The van der Waals surface area contributed by atoms with E-state index in [1.165, 1.54) is 9.80 Å². The van der Waals surface area contributed by atoms with Crippen molar-refractivity contribution < 1.29 is 90.7 Å². The summed E-state index contributed by atoms with van der Waals surface area (Å²) in [5.41, 5.74) is 11.5. The molecule has 0 radical (unpaired) electrons. The second-order valence-corrected chi connectivity index (χ2v) is 25.8. The highest BCUT2D eigenvalue weighted by Gasteiger charge is 2.36. The van der Waals surface area contributed by atoms with Crippen LogP contribution >= 0.6 is 15.9 Å². The summed E-state index contributed by atoms with van der Waals surface area (Å²) in [5, 5.41) is 9.04. The Morgan fingerprint density at radius 3 is 1.02 bits per heavy atom. The number of rotatable bonds is 25. The third-order valence-corrected chi connectivity index (χ3v) is 12.4. The van der Waals surface area contributed by atoms with E-state index in [2.05, 4.69) is 84.0 Å². The molecule has 21 nitrogen and oxygen atoms in total. The van der Waals surface area contributed by atoms with Crippen molar-refractivity contribution in [2.45, 2.75) is 124 Å². The summed E-state index contributed by atoms with van der Waals surface area (Å²) in [5.74, 6) is -0.743. The van der Waals surface area contributed by atoms with Crippen molar-refractivity contribution in [3.05, 3.63) is 70.8 Å². The van der Waals surface area contributed by atoms with E-state index in [0.29, 0.717) is 55.0 Å². The summed E-state index contributed by atoms with van der Waals surface area (Å²) in [7, 11) is 16.7. The molecular formula is C60H108Br3N11O10. The molecule has 0 unspecified atom stereocenters. The van der Waals surface area contributed by atoms with Gasteiger partial charge in [0.15, 0.2) is 0 Å². The maximum Gasteiger partial charge on any atom is 0.407 e. The van der Waals surface area contributed by atoms with E-state index < -0.39 is 22.9 Å². The number of carbonyl (C=O) groups excluding carboxylic acids is 7. The summed E-state index contributed by atoms with van der Waals surface area (Å²) in [4.78, 5) is 89.4. The predicted molar refractivity (Wildman–Crippen MR) is 331 cm³/mol. The Balaban J connectivity index is -0.00000103. The number of hydrogen-bond donors (Lipinski definition) is 5. The standard InChI is InChI=1S/C21H31N3O4.C13H29N3O2.C11H10BrNO2.C10H22N2O2.C5H14N2.2BrH/c1-21(2,3)28-20(27)22-12-8-14-24(4,5)15-9-13-23-18(25)16-10-6-7-11-17(16)19(23)26;1-13(2,3)18-12(17)15-9-7-11-16(4,5)10-6-8-14;12-6-3-7-13-10(14)8-4-1-2-5-9(8)11(13)15;1-10(2,3)14-9(13)11-7-6-8-12(4)5;1-7(2)5-3-4-6;;/h6-7,10-11H,8-9,12-15H2,1-5H3;6-11,14H2,1-5H3;1-2,4-5H,3,6-7H2;6-8H2,1-5H3,(H,11,13);3-6H2,1-2H3;2*1H. The normalized spacial score (nSPS) is 12.8. The number of hydrogen-bond acceptors (Lipinski definition) is 14. The Morgan fingerprint density at radius 1 is 0.476 bits per heavy atom. The maximum atomic E-state index is 12.4. The van der Waals surface area contributed by atoms with E-state index in [1.54, 1.807) is 48.5 Å². The minimum Gasteiger partial charge on any atom is -1.00 e. The first kappa shape index (κ1) is 83.9. The fourth-order valence-corrected chi connectivity index (χ4v) is 8.08. The maximum absolute atomic E-state index is 12.4. The number of alkyl carbamates (subject to hydrolysis) is 3. The molecule has 2 aromatic carbocycles. The van der Waals surface area contributed by atoms with Crippen molar-refractivity contribution in [3.63, 3.8) is 0 Å². The summed E-state index contributed by atoms with van der Waals surface area (Å²) in [6.07, 6.45) is 5.28. The van der Waals surface area contributed by atoms with Gasteiger partial charge in [-0.25, -0.2) is 14.4 Å². The highest BCUT2D eigenvalue weighted by Crippen LogP contribution is 2.24. The van der Waals surface area contributed by atoms with Gasteiger partial charge >= 0.3 is 18.3 Å². The largest absolute Gasteiger partial charge is 1.00 e. The zero-order chi connectivity index (χ0) is 62.9. The van der Waals surface area contributed by atoms with Crippen LogP contribution in [0.4, 0.5) is 14.4 Å².